The number of ether oxygens (including phenoxy) is 3. The predicted molar refractivity (Wildman–Crippen MR) is 132 cm³/mol. The van der Waals surface area contributed by atoms with Crippen molar-refractivity contribution in [2.24, 2.45) is 11.3 Å². The Morgan fingerprint density at radius 1 is 1.06 bits per heavy atom. The molecule has 0 saturated carbocycles. The number of furan rings is 1. The van der Waals surface area contributed by atoms with E-state index in [0.717, 1.165) is 12.0 Å². The lowest BCUT2D eigenvalue weighted by molar-refractivity contribution is -0.142. The van der Waals surface area contributed by atoms with Crippen LogP contribution in [0.1, 0.15) is 51.9 Å². The Labute approximate surface area is 208 Å². The number of carbonyl (C=O) groups is 2. The summed E-state index contributed by atoms with van der Waals surface area (Å²) in [7, 11) is 1.59. The highest BCUT2D eigenvalue weighted by Crippen LogP contribution is 2.33. The van der Waals surface area contributed by atoms with Crippen LogP contribution in [-0.4, -0.2) is 55.2 Å². The number of methoxy groups -OCH3 is 1. The van der Waals surface area contributed by atoms with Crippen LogP contribution in [0.3, 0.4) is 0 Å². The van der Waals surface area contributed by atoms with E-state index in [0.29, 0.717) is 49.9 Å². The highest BCUT2D eigenvalue weighted by molar-refractivity contribution is 5.85. The average Bonchev–Trinajstić information content (AvgIpc) is 3.46. The van der Waals surface area contributed by atoms with Gasteiger partial charge in [-0.2, -0.15) is 0 Å². The second kappa shape index (κ2) is 12.1. The quantitative estimate of drug-likeness (QED) is 0.440. The van der Waals surface area contributed by atoms with E-state index in [1.807, 2.05) is 24.3 Å². The van der Waals surface area contributed by atoms with E-state index in [9.17, 15) is 9.59 Å². The van der Waals surface area contributed by atoms with Gasteiger partial charge in [-0.25, -0.2) is 0 Å². The summed E-state index contributed by atoms with van der Waals surface area (Å²) in [4.78, 5) is 30.0. The number of carbonyl (C=O) groups excluding carboxylic acids is 2. The van der Waals surface area contributed by atoms with Crippen LogP contribution in [0.15, 0.2) is 41.0 Å². The zero-order valence-corrected chi connectivity index (χ0v) is 21.5. The summed E-state index contributed by atoms with van der Waals surface area (Å²) in [6.45, 7) is 10.1. The number of benzene rings is 1. The van der Waals surface area contributed by atoms with E-state index in [1.54, 1.807) is 29.2 Å². The molecule has 1 unspecified atom stereocenters. The van der Waals surface area contributed by atoms with Gasteiger partial charge in [0.15, 0.2) is 11.5 Å². The number of nitrogens with zero attached hydrogens (tertiary/aromatic N) is 2. The van der Waals surface area contributed by atoms with Gasteiger partial charge in [-0.15, -0.1) is 0 Å². The monoisotopic (exact) mass is 486 g/mol. The number of amides is 2. The van der Waals surface area contributed by atoms with E-state index in [-0.39, 0.29) is 36.5 Å². The first-order chi connectivity index (χ1) is 16.6. The predicted octanol–water partition coefficient (Wildman–Crippen LogP) is 4.47. The van der Waals surface area contributed by atoms with Gasteiger partial charge in [-0.1, -0.05) is 33.8 Å². The van der Waals surface area contributed by atoms with Crippen LogP contribution in [0, 0.1) is 11.3 Å². The molecule has 3 rings (SSSR count). The molecule has 1 aromatic heterocycles. The van der Waals surface area contributed by atoms with Crippen LogP contribution in [0.2, 0.25) is 0 Å². The van der Waals surface area contributed by atoms with E-state index < -0.39 is 0 Å². The molecule has 1 aromatic carbocycles. The van der Waals surface area contributed by atoms with Gasteiger partial charge in [-0.3, -0.25) is 9.59 Å². The van der Waals surface area contributed by atoms with Crippen molar-refractivity contribution in [3.8, 4) is 11.5 Å². The van der Waals surface area contributed by atoms with Crippen molar-refractivity contribution in [3.63, 3.8) is 0 Å². The third-order valence-electron chi connectivity index (χ3n) is 5.82. The molecule has 192 valence electrons. The summed E-state index contributed by atoms with van der Waals surface area (Å²) in [5.74, 6) is 2.05. The second-order valence-corrected chi connectivity index (χ2v) is 10.4. The third-order valence-corrected chi connectivity index (χ3v) is 5.82. The highest BCUT2D eigenvalue weighted by Gasteiger charge is 2.25. The molecule has 8 nitrogen and oxygen atoms in total. The fraction of sp³-hybridized carbons (Fsp3) is 0.556. The van der Waals surface area contributed by atoms with Gasteiger partial charge in [0.2, 0.25) is 18.6 Å². The maximum atomic E-state index is 13.5. The van der Waals surface area contributed by atoms with Gasteiger partial charge in [0.1, 0.15) is 5.76 Å². The molecule has 1 aliphatic rings. The summed E-state index contributed by atoms with van der Waals surface area (Å²) in [6.07, 6.45) is 2.91. The Hall–Kier alpha value is -3.00. The van der Waals surface area contributed by atoms with Crippen LogP contribution in [0.4, 0.5) is 0 Å². The van der Waals surface area contributed by atoms with E-state index in [2.05, 4.69) is 27.7 Å². The maximum absolute atomic E-state index is 13.5. The minimum absolute atomic E-state index is 0.0182. The van der Waals surface area contributed by atoms with E-state index in [1.165, 1.54) is 0 Å². The van der Waals surface area contributed by atoms with Crippen LogP contribution < -0.4 is 9.47 Å². The summed E-state index contributed by atoms with van der Waals surface area (Å²) in [5, 5.41) is 0. The van der Waals surface area contributed by atoms with Gasteiger partial charge in [0, 0.05) is 26.6 Å². The largest absolute Gasteiger partial charge is 0.467 e. The molecule has 0 bridgehead atoms. The standard InChI is InChI=1S/C27H38N2O6/c1-20(15-27(2,3)4)13-25(30)28(10-12-32-5)18-26(31)29(17-22-7-6-11-33-22)16-21-8-9-23-24(14-21)35-19-34-23/h6-9,11,14,20H,10,12-13,15-19H2,1-5H3. The van der Waals surface area contributed by atoms with Gasteiger partial charge in [-0.05, 0) is 47.6 Å². The lowest BCUT2D eigenvalue weighted by Crippen LogP contribution is -2.44. The van der Waals surface area contributed by atoms with Crippen LogP contribution in [0.25, 0.3) is 0 Å². The lowest BCUT2D eigenvalue weighted by Gasteiger charge is -2.29. The van der Waals surface area contributed by atoms with Crippen molar-refractivity contribution in [1.82, 2.24) is 9.80 Å². The summed E-state index contributed by atoms with van der Waals surface area (Å²) >= 11 is 0. The zero-order valence-electron chi connectivity index (χ0n) is 21.5. The molecule has 0 saturated heterocycles. The number of hydrogen-bond acceptors (Lipinski definition) is 6. The van der Waals surface area contributed by atoms with Crippen molar-refractivity contribution in [3.05, 3.63) is 47.9 Å². The summed E-state index contributed by atoms with van der Waals surface area (Å²) < 4.78 is 21.6. The molecule has 35 heavy (non-hydrogen) atoms. The molecule has 2 aromatic rings. The molecule has 2 amide bonds. The molecule has 2 heterocycles. The lowest BCUT2D eigenvalue weighted by atomic mass is 9.84. The molecule has 8 heteroatoms. The maximum Gasteiger partial charge on any atom is 0.242 e. The minimum atomic E-state index is -0.160. The van der Waals surface area contributed by atoms with Crippen LogP contribution in [-0.2, 0) is 27.4 Å². The zero-order chi connectivity index (χ0) is 25.4. The van der Waals surface area contributed by atoms with Crippen molar-refractivity contribution in [1.29, 1.82) is 0 Å². The minimum Gasteiger partial charge on any atom is -0.467 e. The highest BCUT2D eigenvalue weighted by atomic mass is 16.7. The van der Waals surface area contributed by atoms with Crippen molar-refractivity contribution >= 4 is 11.8 Å². The molecular weight excluding hydrogens is 448 g/mol. The Kier molecular flexibility index (Phi) is 9.20. The molecule has 1 aliphatic heterocycles. The first kappa shape index (κ1) is 26.6. The van der Waals surface area contributed by atoms with E-state index >= 15 is 0 Å². The summed E-state index contributed by atoms with van der Waals surface area (Å²) in [6, 6.07) is 9.27. The molecule has 0 radical (unpaired) electrons. The molecule has 1 atom stereocenters. The van der Waals surface area contributed by atoms with E-state index in [4.69, 9.17) is 18.6 Å². The fourth-order valence-electron chi connectivity index (χ4n) is 4.38. The third kappa shape index (κ3) is 8.31. The first-order valence-electron chi connectivity index (χ1n) is 12.1. The SMILES string of the molecule is COCCN(CC(=O)N(Cc1ccc2c(c1)OCO2)Cc1ccco1)C(=O)CC(C)CC(C)(C)C. The molecule has 0 spiro atoms. The second-order valence-electron chi connectivity index (χ2n) is 10.4. The Bertz CT molecular complexity index is 967. The first-order valence-corrected chi connectivity index (χ1v) is 12.1. The average molecular weight is 487 g/mol. The van der Waals surface area contributed by atoms with Gasteiger partial charge < -0.3 is 28.4 Å². The van der Waals surface area contributed by atoms with Gasteiger partial charge >= 0.3 is 0 Å². The fourth-order valence-corrected chi connectivity index (χ4v) is 4.38. The van der Waals surface area contributed by atoms with Gasteiger partial charge in [0.25, 0.3) is 0 Å². The topological polar surface area (TPSA) is 81.5 Å². The molecule has 0 aliphatic carbocycles. The van der Waals surface area contributed by atoms with Crippen molar-refractivity contribution in [2.75, 3.05) is 33.6 Å². The smallest absolute Gasteiger partial charge is 0.242 e. The molecular formula is C27H38N2O6. The van der Waals surface area contributed by atoms with Crippen molar-refractivity contribution < 1.29 is 28.2 Å². The van der Waals surface area contributed by atoms with Crippen LogP contribution in [0.5, 0.6) is 11.5 Å². The Morgan fingerprint density at radius 3 is 2.51 bits per heavy atom. The Balaban J connectivity index is 1.72. The number of fused-ring (bicyclic) bond motifs is 1. The molecule has 0 N–H and O–H groups in total. The number of hydrogen-bond donors (Lipinski definition) is 0. The normalized spacial score (nSPS) is 13.5. The van der Waals surface area contributed by atoms with Crippen molar-refractivity contribution in [2.45, 2.75) is 53.6 Å². The Morgan fingerprint density at radius 2 is 1.83 bits per heavy atom. The summed E-state index contributed by atoms with van der Waals surface area (Å²) in [5.41, 5.74) is 1.04. The van der Waals surface area contributed by atoms with Gasteiger partial charge in [0.05, 0.1) is 26.0 Å². The number of rotatable bonds is 12. The van der Waals surface area contributed by atoms with Crippen LogP contribution >= 0.6 is 0 Å². The molecule has 0 fully saturated rings.